The van der Waals surface area contributed by atoms with Gasteiger partial charge in [-0.15, -0.1) is 0 Å². The molecule has 0 saturated heterocycles. The van der Waals surface area contributed by atoms with Crippen LogP contribution in [0.15, 0.2) is 0 Å². The number of nitrogens with two attached hydrogens (primary N) is 1. The Balaban J connectivity index is 4.33. The molecule has 0 aromatic carbocycles. The predicted molar refractivity (Wildman–Crippen MR) is 55.0 cm³/mol. The first-order chi connectivity index (χ1) is 6.26. The van der Waals surface area contributed by atoms with Crippen LogP contribution in [0.5, 0.6) is 0 Å². The van der Waals surface area contributed by atoms with E-state index in [1.165, 1.54) is 0 Å². The Morgan fingerprint density at radius 1 is 1.43 bits per heavy atom. The molecule has 0 aromatic heterocycles. The van der Waals surface area contributed by atoms with Crippen LogP contribution in [0.25, 0.3) is 0 Å². The summed E-state index contributed by atoms with van der Waals surface area (Å²) in [5.74, 6) is -0.623. The molecule has 0 spiro atoms. The van der Waals surface area contributed by atoms with E-state index in [1.54, 1.807) is 0 Å². The normalized spacial score (nSPS) is 14.1. The molecule has 0 heterocycles. The van der Waals surface area contributed by atoms with E-state index in [1.807, 2.05) is 18.6 Å². The first-order valence-corrected chi connectivity index (χ1v) is 6.37. The molecular weight excluding hydrogens is 204 g/mol. The smallest absolute Gasteiger partial charge is 0.237 e. The Morgan fingerprint density at radius 3 is 2.21 bits per heavy atom. The molecule has 0 rings (SSSR count). The van der Waals surface area contributed by atoms with Gasteiger partial charge in [-0.25, -0.2) is 8.42 Å². The molecule has 1 atom stereocenters. The van der Waals surface area contributed by atoms with Gasteiger partial charge in [-0.05, 0) is 12.3 Å². The van der Waals surface area contributed by atoms with Gasteiger partial charge >= 0.3 is 0 Å². The highest BCUT2D eigenvalue weighted by Gasteiger charge is 2.20. The molecule has 0 aromatic rings. The molecule has 1 amide bonds. The topological polar surface area (TPSA) is 89.3 Å². The second kappa shape index (κ2) is 5.31. The molecule has 0 saturated carbocycles. The van der Waals surface area contributed by atoms with Crippen molar-refractivity contribution in [3.8, 4) is 0 Å². The van der Waals surface area contributed by atoms with Crippen molar-refractivity contribution >= 4 is 15.9 Å². The molecule has 6 heteroatoms. The minimum Gasteiger partial charge on any atom is -0.330 e. The molecule has 5 nitrogen and oxygen atoms in total. The van der Waals surface area contributed by atoms with Crippen molar-refractivity contribution in [2.45, 2.75) is 20.3 Å². The number of hydrogen-bond acceptors (Lipinski definition) is 4. The maximum Gasteiger partial charge on any atom is 0.237 e. The molecule has 0 bridgehead atoms. The summed E-state index contributed by atoms with van der Waals surface area (Å²) in [7, 11) is -3.47. The van der Waals surface area contributed by atoms with Gasteiger partial charge in [0.1, 0.15) is 0 Å². The van der Waals surface area contributed by atoms with Crippen molar-refractivity contribution in [3.63, 3.8) is 0 Å². The van der Waals surface area contributed by atoms with Gasteiger partial charge in [0, 0.05) is 6.54 Å². The second-order valence-electron chi connectivity index (χ2n) is 3.80. The van der Waals surface area contributed by atoms with E-state index in [4.69, 9.17) is 5.73 Å². The molecule has 0 aliphatic rings. The van der Waals surface area contributed by atoms with E-state index in [2.05, 4.69) is 0 Å². The first kappa shape index (κ1) is 13.4. The quantitative estimate of drug-likeness (QED) is 0.667. The van der Waals surface area contributed by atoms with Gasteiger partial charge in [-0.3, -0.25) is 9.52 Å². The summed E-state index contributed by atoms with van der Waals surface area (Å²) in [4.78, 5) is 11.4. The molecule has 0 fully saturated rings. The lowest BCUT2D eigenvalue weighted by Crippen LogP contribution is -2.38. The molecule has 3 N–H and O–H groups in total. The van der Waals surface area contributed by atoms with Gasteiger partial charge in [-0.1, -0.05) is 13.8 Å². The van der Waals surface area contributed by atoms with Gasteiger partial charge in [0.2, 0.25) is 15.9 Å². The number of nitrogens with one attached hydrogen (secondary N) is 1. The lowest BCUT2D eigenvalue weighted by atomic mass is 9.97. The zero-order chi connectivity index (χ0) is 11.4. The van der Waals surface area contributed by atoms with Crippen LogP contribution in [0.3, 0.4) is 0 Å². The Labute approximate surface area is 85.1 Å². The lowest BCUT2D eigenvalue weighted by molar-refractivity contribution is -0.123. The van der Waals surface area contributed by atoms with Crippen LogP contribution in [0.4, 0.5) is 0 Å². The van der Waals surface area contributed by atoms with E-state index in [9.17, 15) is 13.2 Å². The Kier molecular flexibility index (Phi) is 5.07. The Hall–Kier alpha value is -0.620. The molecule has 84 valence electrons. The zero-order valence-electron chi connectivity index (χ0n) is 8.78. The molecule has 1 unspecified atom stereocenters. The van der Waals surface area contributed by atoms with E-state index in [0.29, 0.717) is 12.3 Å². The lowest BCUT2D eigenvalue weighted by Gasteiger charge is -2.15. The molecule has 0 radical (unpaired) electrons. The molecule has 0 aliphatic heterocycles. The molecule has 14 heavy (non-hydrogen) atoms. The second-order valence-corrected chi connectivity index (χ2v) is 5.55. The third-order valence-electron chi connectivity index (χ3n) is 1.70. The fourth-order valence-electron chi connectivity index (χ4n) is 1.15. The highest BCUT2D eigenvalue weighted by Crippen LogP contribution is 2.10. The average Bonchev–Trinajstić information content (AvgIpc) is 1.96. The Bertz CT molecular complexity index is 285. The summed E-state index contributed by atoms with van der Waals surface area (Å²) in [6.45, 7) is 4.08. The summed E-state index contributed by atoms with van der Waals surface area (Å²) in [6.07, 6.45) is 1.55. The number of hydrogen-bond donors (Lipinski definition) is 2. The summed E-state index contributed by atoms with van der Waals surface area (Å²) in [5, 5.41) is 0. The van der Waals surface area contributed by atoms with Crippen molar-refractivity contribution in [3.05, 3.63) is 0 Å². The average molecular weight is 222 g/mol. The van der Waals surface area contributed by atoms with Crippen molar-refractivity contribution in [2.24, 2.45) is 17.6 Å². The largest absolute Gasteiger partial charge is 0.330 e. The van der Waals surface area contributed by atoms with E-state index in [-0.39, 0.29) is 6.54 Å². The number of rotatable bonds is 5. The van der Waals surface area contributed by atoms with Crippen molar-refractivity contribution in [2.75, 3.05) is 12.8 Å². The van der Waals surface area contributed by atoms with Crippen LogP contribution in [0, 0.1) is 11.8 Å². The Morgan fingerprint density at radius 2 is 1.93 bits per heavy atom. The number of carbonyl (C=O) groups excluding carboxylic acids is 1. The SMILES string of the molecule is CC(C)CC(CN)C(=O)NS(C)(=O)=O. The highest BCUT2D eigenvalue weighted by molar-refractivity contribution is 7.89. The highest BCUT2D eigenvalue weighted by atomic mass is 32.2. The van der Waals surface area contributed by atoms with Crippen LogP contribution in [-0.2, 0) is 14.8 Å². The first-order valence-electron chi connectivity index (χ1n) is 4.48. The maximum absolute atomic E-state index is 11.4. The van der Waals surface area contributed by atoms with Gasteiger partial charge in [0.25, 0.3) is 0 Å². The minimum absolute atomic E-state index is 0.166. The predicted octanol–water partition coefficient (Wildman–Crippen LogP) is -0.317. The van der Waals surface area contributed by atoms with E-state index < -0.39 is 21.8 Å². The van der Waals surface area contributed by atoms with Gasteiger partial charge in [-0.2, -0.15) is 0 Å². The van der Waals surface area contributed by atoms with E-state index >= 15 is 0 Å². The number of amides is 1. The molecular formula is C8H18N2O3S. The summed E-state index contributed by atoms with van der Waals surface area (Å²) in [5.41, 5.74) is 5.39. The summed E-state index contributed by atoms with van der Waals surface area (Å²) >= 11 is 0. The van der Waals surface area contributed by atoms with Gasteiger partial charge < -0.3 is 5.73 Å². The molecule has 0 aliphatic carbocycles. The monoisotopic (exact) mass is 222 g/mol. The van der Waals surface area contributed by atoms with Crippen molar-refractivity contribution in [1.29, 1.82) is 0 Å². The van der Waals surface area contributed by atoms with Crippen LogP contribution >= 0.6 is 0 Å². The summed E-state index contributed by atoms with van der Waals surface area (Å²) < 4.78 is 23.5. The number of sulfonamides is 1. The van der Waals surface area contributed by atoms with Gasteiger partial charge in [0.05, 0.1) is 12.2 Å². The van der Waals surface area contributed by atoms with Gasteiger partial charge in [0.15, 0.2) is 0 Å². The van der Waals surface area contributed by atoms with Crippen LogP contribution in [-0.4, -0.2) is 27.1 Å². The standard InChI is InChI=1S/C8H18N2O3S/c1-6(2)4-7(5-9)8(11)10-14(3,12)13/h6-7H,4-5,9H2,1-3H3,(H,10,11). The van der Waals surface area contributed by atoms with Crippen LogP contribution in [0.2, 0.25) is 0 Å². The van der Waals surface area contributed by atoms with Crippen molar-refractivity contribution < 1.29 is 13.2 Å². The zero-order valence-corrected chi connectivity index (χ0v) is 9.60. The summed E-state index contributed by atoms with van der Waals surface area (Å²) in [6, 6.07) is 0. The number of carbonyl (C=O) groups is 1. The minimum atomic E-state index is -3.47. The van der Waals surface area contributed by atoms with Crippen molar-refractivity contribution in [1.82, 2.24) is 4.72 Å². The fraction of sp³-hybridized carbons (Fsp3) is 0.875. The third kappa shape index (κ3) is 5.93. The maximum atomic E-state index is 11.4. The van der Waals surface area contributed by atoms with E-state index in [0.717, 1.165) is 6.26 Å². The van der Waals surface area contributed by atoms with Crippen LogP contribution in [0.1, 0.15) is 20.3 Å². The third-order valence-corrected chi connectivity index (χ3v) is 2.27. The van der Waals surface area contributed by atoms with Crippen LogP contribution < -0.4 is 10.5 Å². The fourth-order valence-corrected chi connectivity index (χ4v) is 1.68.